The van der Waals surface area contributed by atoms with Gasteiger partial charge in [-0.25, -0.2) is 0 Å². The first-order valence-corrected chi connectivity index (χ1v) is 3.97. The van der Waals surface area contributed by atoms with Crippen molar-refractivity contribution in [3.63, 3.8) is 0 Å². The molecular formula is C9H7N3O2. The number of fused-ring (bicyclic) bond motifs is 1. The number of pyridine rings is 1. The maximum atomic E-state index is 10.7. The lowest BCUT2D eigenvalue weighted by Crippen LogP contribution is -1.92. The summed E-state index contributed by atoms with van der Waals surface area (Å²) in [5, 5.41) is 11.1. The Labute approximate surface area is 79.3 Å². The van der Waals surface area contributed by atoms with E-state index in [1.165, 1.54) is 12.3 Å². The lowest BCUT2D eigenvalue weighted by molar-refractivity contribution is -0.383. The van der Waals surface area contributed by atoms with Crippen LogP contribution in [-0.4, -0.2) is 9.91 Å². The van der Waals surface area contributed by atoms with E-state index in [1.807, 2.05) is 0 Å². The Hall–Kier alpha value is -2.17. The average Bonchev–Trinajstić information content (AvgIpc) is 2.16. The fourth-order valence-corrected chi connectivity index (χ4v) is 1.31. The Morgan fingerprint density at radius 3 is 2.93 bits per heavy atom. The third-order valence-electron chi connectivity index (χ3n) is 1.92. The van der Waals surface area contributed by atoms with Gasteiger partial charge >= 0.3 is 0 Å². The highest BCUT2D eigenvalue weighted by Gasteiger charge is 2.11. The molecule has 0 unspecified atom stereocenters. The van der Waals surface area contributed by atoms with Gasteiger partial charge in [0.15, 0.2) is 0 Å². The molecule has 0 saturated heterocycles. The van der Waals surface area contributed by atoms with Crippen molar-refractivity contribution in [3.05, 3.63) is 40.6 Å². The molecule has 5 nitrogen and oxygen atoms in total. The molecule has 0 atom stereocenters. The van der Waals surface area contributed by atoms with E-state index in [4.69, 9.17) is 5.73 Å². The summed E-state index contributed by atoms with van der Waals surface area (Å²) in [5.74, 6) is 0. The summed E-state index contributed by atoms with van der Waals surface area (Å²) >= 11 is 0. The zero-order valence-corrected chi connectivity index (χ0v) is 7.18. The van der Waals surface area contributed by atoms with Gasteiger partial charge in [-0.1, -0.05) is 6.07 Å². The van der Waals surface area contributed by atoms with Gasteiger partial charge in [-0.2, -0.15) is 0 Å². The van der Waals surface area contributed by atoms with E-state index in [1.54, 1.807) is 18.2 Å². The summed E-state index contributed by atoms with van der Waals surface area (Å²) in [7, 11) is 0. The van der Waals surface area contributed by atoms with Crippen molar-refractivity contribution in [1.29, 1.82) is 0 Å². The van der Waals surface area contributed by atoms with Crippen LogP contribution < -0.4 is 5.73 Å². The number of anilines is 1. The molecule has 2 N–H and O–H groups in total. The first-order chi connectivity index (χ1) is 6.68. The molecule has 0 fully saturated rings. The zero-order chi connectivity index (χ0) is 10.1. The summed E-state index contributed by atoms with van der Waals surface area (Å²) in [6, 6.07) is 6.30. The average molecular weight is 189 g/mol. The molecule has 2 rings (SSSR count). The van der Waals surface area contributed by atoms with Crippen LogP contribution in [0.15, 0.2) is 30.5 Å². The SMILES string of the molecule is Nc1cnc2cccc([N+](=O)[O-])c2c1. The second-order valence-electron chi connectivity index (χ2n) is 2.87. The molecule has 0 aliphatic rings. The summed E-state index contributed by atoms with van der Waals surface area (Å²) in [6.07, 6.45) is 1.48. The van der Waals surface area contributed by atoms with E-state index in [0.29, 0.717) is 16.6 Å². The van der Waals surface area contributed by atoms with Crippen LogP contribution in [0.25, 0.3) is 10.9 Å². The molecule has 1 aromatic carbocycles. The highest BCUT2D eigenvalue weighted by molar-refractivity contribution is 5.89. The van der Waals surface area contributed by atoms with Gasteiger partial charge in [-0.15, -0.1) is 0 Å². The maximum absolute atomic E-state index is 10.7. The van der Waals surface area contributed by atoms with Gasteiger partial charge in [0.2, 0.25) is 0 Å². The lowest BCUT2D eigenvalue weighted by atomic mass is 10.2. The largest absolute Gasteiger partial charge is 0.397 e. The van der Waals surface area contributed by atoms with E-state index in [0.717, 1.165) is 0 Å². The molecule has 2 aromatic rings. The van der Waals surface area contributed by atoms with Crippen LogP contribution in [0.3, 0.4) is 0 Å². The predicted molar refractivity (Wildman–Crippen MR) is 52.8 cm³/mol. The highest BCUT2D eigenvalue weighted by Crippen LogP contribution is 2.24. The van der Waals surface area contributed by atoms with Crippen LogP contribution in [0.1, 0.15) is 0 Å². The summed E-state index contributed by atoms with van der Waals surface area (Å²) in [5.41, 5.74) is 6.54. The zero-order valence-electron chi connectivity index (χ0n) is 7.18. The molecule has 0 aliphatic carbocycles. The number of nitrogens with two attached hydrogens (primary N) is 1. The van der Waals surface area contributed by atoms with Gasteiger partial charge in [-0.05, 0) is 12.1 Å². The number of hydrogen-bond acceptors (Lipinski definition) is 4. The third-order valence-corrected chi connectivity index (χ3v) is 1.92. The van der Waals surface area contributed by atoms with Crippen molar-refractivity contribution in [3.8, 4) is 0 Å². The normalized spacial score (nSPS) is 10.3. The molecule has 0 amide bonds. The molecule has 14 heavy (non-hydrogen) atoms. The lowest BCUT2D eigenvalue weighted by Gasteiger charge is -1.99. The van der Waals surface area contributed by atoms with Gasteiger partial charge in [0.05, 0.1) is 27.7 Å². The van der Waals surface area contributed by atoms with E-state index in [-0.39, 0.29) is 5.69 Å². The van der Waals surface area contributed by atoms with Crippen molar-refractivity contribution < 1.29 is 4.92 Å². The fraction of sp³-hybridized carbons (Fsp3) is 0. The van der Waals surface area contributed by atoms with Gasteiger partial charge in [0.1, 0.15) is 0 Å². The number of non-ortho nitro benzene ring substituents is 1. The molecule has 0 saturated carbocycles. The number of hydrogen-bond donors (Lipinski definition) is 1. The Bertz CT molecular complexity index is 510. The third kappa shape index (κ3) is 1.24. The minimum Gasteiger partial charge on any atom is -0.397 e. The Morgan fingerprint density at radius 2 is 2.21 bits per heavy atom. The molecule has 0 bridgehead atoms. The summed E-state index contributed by atoms with van der Waals surface area (Å²) in [4.78, 5) is 14.2. The molecule has 0 spiro atoms. The number of nitrogen functional groups attached to an aromatic ring is 1. The quantitative estimate of drug-likeness (QED) is 0.547. The van der Waals surface area contributed by atoms with Crippen molar-refractivity contribution >= 4 is 22.3 Å². The number of aromatic nitrogens is 1. The second-order valence-corrected chi connectivity index (χ2v) is 2.87. The monoisotopic (exact) mass is 189 g/mol. The Kier molecular flexibility index (Phi) is 1.78. The maximum Gasteiger partial charge on any atom is 0.278 e. The van der Waals surface area contributed by atoms with Crippen LogP contribution in [-0.2, 0) is 0 Å². The van der Waals surface area contributed by atoms with Gasteiger partial charge in [-0.3, -0.25) is 15.1 Å². The standard InChI is InChI=1S/C9H7N3O2/c10-6-4-7-8(11-5-6)2-1-3-9(7)12(13)14/h1-5H,10H2. The summed E-state index contributed by atoms with van der Waals surface area (Å²) < 4.78 is 0. The van der Waals surface area contributed by atoms with Crippen LogP contribution in [0.2, 0.25) is 0 Å². The van der Waals surface area contributed by atoms with Gasteiger partial charge in [0.25, 0.3) is 5.69 Å². The molecule has 1 heterocycles. The molecular weight excluding hydrogens is 182 g/mol. The topological polar surface area (TPSA) is 82.0 Å². The Balaban J connectivity index is 2.84. The van der Waals surface area contributed by atoms with E-state index in [2.05, 4.69) is 4.98 Å². The van der Waals surface area contributed by atoms with Gasteiger partial charge < -0.3 is 5.73 Å². The molecule has 70 valence electrons. The van der Waals surface area contributed by atoms with Crippen molar-refractivity contribution in [2.24, 2.45) is 0 Å². The van der Waals surface area contributed by atoms with Crippen LogP contribution >= 0.6 is 0 Å². The second kappa shape index (κ2) is 2.95. The first-order valence-electron chi connectivity index (χ1n) is 3.97. The Morgan fingerprint density at radius 1 is 1.43 bits per heavy atom. The number of nitro benzene ring substituents is 1. The molecule has 1 aromatic heterocycles. The fourth-order valence-electron chi connectivity index (χ4n) is 1.31. The molecule has 0 radical (unpaired) electrons. The van der Waals surface area contributed by atoms with Crippen molar-refractivity contribution in [1.82, 2.24) is 4.98 Å². The van der Waals surface area contributed by atoms with Crippen LogP contribution in [0, 0.1) is 10.1 Å². The smallest absolute Gasteiger partial charge is 0.278 e. The van der Waals surface area contributed by atoms with E-state index in [9.17, 15) is 10.1 Å². The number of nitro groups is 1. The van der Waals surface area contributed by atoms with Crippen LogP contribution in [0.4, 0.5) is 11.4 Å². The first kappa shape index (κ1) is 8.43. The number of nitrogens with zero attached hydrogens (tertiary/aromatic N) is 2. The molecule has 5 heteroatoms. The van der Waals surface area contributed by atoms with Crippen molar-refractivity contribution in [2.45, 2.75) is 0 Å². The van der Waals surface area contributed by atoms with Crippen LogP contribution in [0.5, 0.6) is 0 Å². The number of rotatable bonds is 1. The predicted octanol–water partition coefficient (Wildman–Crippen LogP) is 1.73. The highest BCUT2D eigenvalue weighted by atomic mass is 16.6. The number of benzene rings is 1. The van der Waals surface area contributed by atoms with E-state index >= 15 is 0 Å². The minimum atomic E-state index is -0.441. The minimum absolute atomic E-state index is 0.0299. The van der Waals surface area contributed by atoms with E-state index < -0.39 is 4.92 Å². The summed E-state index contributed by atoms with van der Waals surface area (Å²) in [6.45, 7) is 0. The molecule has 0 aliphatic heterocycles. The van der Waals surface area contributed by atoms with Crippen molar-refractivity contribution in [2.75, 3.05) is 5.73 Å². The van der Waals surface area contributed by atoms with Gasteiger partial charge in [0, 0.05) is 6.07 Å².